The number of hydrogen-bond donors (Lipinski definition) is 0. The Kier molecular flexibility index (Phi) is 8.35. The van der Waals surface area contributed by atoms with Crippen LogP contribution in [0.15, 0.2) is 47.4 Å². The van der Waals surface area contributed by atoms with Crippen molar-refractivity contribution in [3.05, 3.63) is 53.1 Å². The number of rotatable bonds is 8. The summed E-state index contributed by atoms with van der Waals surface area (Å²) < 4.78 is 33.5. The minimum absolute atomic E-state index is 0.0731. The maximum Gasteiger partial charge on any atom is 0.258 e. The van der Waals surface area contributed by atoms with Crippen molar-refractivity contribution in [3.63, 3.8) is 0 Å². The molecule has 9 heteroatoms. The lowest BCUT2D eigenvalue weighted by Crippen LogP contribution is -2.39. The number of nitrogens with zero attached hydrogens (tertiary/aromatic N) is 3. The van der Waals surface area contributed by atoms with Crippen molar-refractivity contribution < 1.29 is 17.9 Å². The van der Waals surface area contributed by atoms with Crippen LogP contribution in [0.2, 0.25) is 5.02 Å². The van der Waals surface area contributed by atoms with E-state index >= 15 is 0 Å². The number of ether oxygens (including phenoxy) is 1. The van der Waals surface area contributed by atoms with Gasteiger partial charge in [-0.25, -0.2) is 8.42 Å². The molecule has 176 valence electrons. The Bertz CT molecular complexity index is 1130. The molecule has 0 saturated carbocycles. The van der Waals surface area contributed by atoms with Crippen molar-refractivity contribution in [1.82, 2.24) is 4.31 Å². The molecule has 0 aliphatic carbocycles. The average molecular weight is 490 g/mol. The minimum Gasteiger partial charge on any atom is -0.494 e. The Balaban J connectivity index is 1.94. The normalized spacial score (nSPS) is 16.7. The molecule has 1 fully saturated rings. The first-order valence-electron chi connectivity index (χ1n) is 11.0. The summed E-state index contributed by atoms with van der Waals surface area (Å²) in [5.74, 6) is 0.525. The van der Waals surface area contributed by atoms with E-state index in [4.69, 9.17) is 21.6 Å². The lowest BCUT2D eigenvalue weighted by atomic mass is 10.0. The number of anilines is 1. The first kappa shape index (κ1) is 25.0. The van der Waals surface area contributed by atoms with Gasteiger partial charge >= 0.3 is 0 Å². The highest BCUT2D eigenvalue weighted by molar-refractivity contribution is 7.89. The van der Waals surface area contributed by atoms with Crippen molar-refractivity contribution in [2.45, 2.75) is 38.0 Å². The quantitative estimate of drug-likeness (QED) is 0.535. The van der Waals surface area contributed by atoms with Gasteiger partial charge in [0, 0.05) is 30.9 Å². The molecule has 0 aromatic heterocycles. The predicted octanol–water partition coefficient (Wildman–Crippen LogP) is 4.72. The smallest absolute Gasteiger partial charge is 0.258 e. The van der Waals surface area contributed by atoms with Crippen molar-refractivity contribution in [3.8, 4) is 11.8 Å². The Morgan fingerprint density at radius 1 is 1.27 bits per heavy atom. The third kappa shape index (κ3) is 5.85. The minimum atomic E-state index is -3.84. The van der Waals surface area contributed by atoms with Gasteiger partial charge in [-0.2, -0.15) is 9.57 Å². The second-order valence-corrected chi connectivity index (χ2v) is 10.4. The number of nitriles is 1. The van der Waals surface area contributed by atoms with Crippen LogP contribution < -0.4 is 9.64 Å². The summed E-state index contributed by atoms with van der Waals surface area (Å²) >= 11 is 6.28. The number of halogens is 1. The van der Waals surface area contributed by atoms with E-state index in [1.807, 2.05) is 13.8 Å². The molecule has 2 aromatic carbocycles. The first-order valence-corrected chi connectivity index (χ1v) is 12.8. The molecular formula is C24H28ClN3O4S. The van der Waals surface area contributed by atoms with Crippen molar-refractivity contribution in [2.24, 2.45) is 5.92 Å². The zero-order valence-electron chi connectivity index (χ0n) is 18.8. The lowest BCUT2D eigenvalue weighted by Gasteiger charge is -2.30. The van der Waals surface area contributed by atoms with Crippen LogP contribution in [0.3, 0.4) is 0 Å². The third-order valence-electron chi connectivity index (χ3n) is 5.57. The summed E-state index contributed by atoms with van der Waals surface area (Å²) in [6, 6.07) is 13.3. The monoisotopic (exact) mass is 489 g/mol. The number of benzene rings is 2. The highest BCUT2D eigenvalue weighted by atomic mass is 35.5. The van der Waals surface area contributed by atoms with Gasteiger partial charge in [-0.3, -0.25) is 4.79 Å². The van der Waals surface area contributed by atoms with Gasteiger partial charge in [0.25, 0.3) is 5.91 Å². The molecule has 1 amide bonds. The summed E-state index contributed by atoms with van der Waals surface area (Å²) in [7, 11) is -3.84. The van der Waals surface area contributed by atoms with Gasteiger partial charge in [0.15, 0.2) is 0 Å². The summed E-state index contributed by atoms with van der Waals surface area (Å²) in [4.78, 5) is 14.8. The van der Waals surface area contributed by atoms with E-state index in [-0.39, 0.29) is 34.4 Å². The molecule has 1 aliphatic heterocycles. The Morgan fingerprint density at radius 3 is 2.64 bits per heavy atom. The van der Waals surface area contributed by atoms with Gasteiger partial charge in [-0.1, -0.05) is 18.5 Å². The SMILES string of the molecule is CCOc1ccc(N(CCC#N)C(=O)c2ccc(Cl)c(S(=O)(=O)N3CCCC(C)C3)c2)cc1. The summed E-state index contributed by atoms with van der Waals surface area (Å²) in [6.07, 6.45) is 1.90. The van der Waals surface area contributed by atoms with E-state index in [0.29, 0.717) is 31.1 Å². The highest BCUT2D eigenvalue weighted by Crippen LogP contribution is 2.30. The number of sulfonamides is 1. The van der Waals surface area contributed by atoms with Crippen molar-refractivity contribution in [1.29, 1.82) is 5.26 Å². The number of carbonyl (C=O) groups excluding carboxylic acids is 1. The summed E-state index contributed by atoms with van der Waals surface area (Å²) in [6.45, 7) is 5.45. The number of carbonyl (C=O) groups is 1. The fraction of sp³-hybridized carbons (Fsp3) is 0.417. The van der Waals surface area contributed by atoms with E-state index in [9.17, 15) is 13.2 Å². The van der Waals surface area contributed by atoms with Crippen molar-refractivity contribution >= 4 is 33.2 Å². The molecule has 0 spiro atoms. The largest absolute Gasteiger partial charge is 0.494 e. The molecule has 0 radical (unpaired) electrons. The summed E-state index contributed by atoms with van der Waals surface area (Å²) in [5.41, 5.74) is 0.776. The Hall–Kier alpha value is -2.60. The molecule has 2 aromatic rings. The van der Waals surface area contributed by atoms with Crippen LogP contribution in [0.5, 0.6) is 5.75 Å². The molecule has 0 N–H and O–H groups in total. The van der Waals surface area contributed by atoms with Gasteiger partial charge < -0.3 is 9.64 Å². The van der Waals surface area contributed by atoms with Crippen LogP contribution in [-0.2, 0) is 10.0 Å². The maximum absolute atomic E-state index is 13.4. The summed E-state index contributed by atoms with van der Waals surface area (Å²) in [5, 5.41) is 9.15. The van der Waals surface area contributed by atoms with Crippen LogP contribution in [0.25, 0.3) is 0 Å². The van der Waals surface area contributed by atoms with Crippen LogP contribution in [-0.4, -0.2) is 44.9 Å². The van der Waals surface area contributed by atoms with Gasteiger partial charge in [0.2, 0.25) is 10.0 Å². The molecule has 33 heavy (non-hydrogen) atoms. The average Bonchev–Trinajstić information content (AvgIpc) is 2.80. The fourth-order valence-corrected chi connectivity index (χ4v) is 5.99. The number of hydrogen-bond acceptors (Lipinski definition) is 5. The van der Waals surface area contributed by atoms with Gasteiger partial charge in [-0.15, -0.1) is 0 Å². The predicted molar refractivity (Wildman–Crippen MR) is 128 cm³/mol. The maximum atomic E-state index is 13.4. The molecule has 1 unspecified atom stereocenters. The van der Waals surface area contributed by atoms with Gasteiger partial charge in [-0.05, 0) is 68.1 Å². The van der Waals surface area contributed by atoms with E-state index in [1.165, 1.54) is 27.4 Å². The zero-order valence-corrected chi connectivity index (χ0v) is 20.4. The van der Waals surface area contributed by atoms with Gasteiger partial charge in [0.05, 0.1) is 24.1 Å². The second kappa shape index (κ2) is 11.0. The van der Waals surface area contributed by atoms with E-state index < -0.39 is 15.9 Å². The fourth-order valence-electron chi connectivity index (χ4n) is 3.89. The third-order valence-corrected chi connectivity index (χ3v) is 7.91. The van der Waals surface area contributed by atoms with Crippen LogP contribution >= 0.6 is 11.6 Å². The molecule has 1 saturated heterocycles. The highest BCUT2D eigenvalue weighted by Gasteiger charge is 2.31. The second-order valence-electron chi connectivity index (χ2n) is 8.05. The van der Waals surface area contributed by atoms with Gasteiger partial charge in [0.1, 0.15) is 10.6 Å². The molecule has 1 aliphatic rings. The van der Waals surface area contributed by atoms with Crippen molar-refractivity contribution in [2.75, 3.05) is 31.1 Å². The first-order chi connectivity index (χ1) is 15.8. The topological polar surface area (TPSA) is 90.7 Å². The zero-order chi connectivity index (χ0) is 24.0. The van der Waals surface area contributed by atoms with Crippen LogP contribution in [0.1, 0.15) is 43.5 Å². The van der Waals surface area contributed by atoms with E-state index in [1.54, 1.807) is 24.3 Å². The molecule has 0 bridgehead atoms. The standard InChI is InChI=1S/C24H28ClN3O4S/c1-3-32-21-10-8-20(9-11-21)28(15-5-13-26)24(29)19-7-12-22(25)23(16-19)33(30,31)27-14-4-6-18(2)17-27/h7-12,16,18H,3-6,14-15,17H2,1-2H3. The van der Waals surface area contributed by atoms with Crippen LogP contribution in [0.4, 0.5) is 5.69 Å². The molecule has 1 atom stereocenters. The molecule has 7 nitrogen and oxygen atoms in total. The lowest BCUT2D eigenvalue weighted by molar-refractivity contribution is 0.0987. The molecular weight excluding hydrogens is 462 g/mol. The Labute approximate surface area is 200 Å². The van der Waals surface area contributed by atoms with E-state index in [2.05, 4.69) is 6.07 Å². The number of piperidine rings is 1. The van der Waals surface area contributed by atoms with Crippen LogP contribution in [0, 0.1) is 17.2 Å². The molecule has 3 rings (SSSR count). The number of amides is 1. The van der Waals surface area contributed by atoms with E-state index in [0.717, 1.165) is 12.8 Å². The Morgan fingerprint density at radius 2 is 2.00 bits per heavy atom. The molecule has 1 heterocycles.